The SMILES string of the molecule is C[n+]1[c-]n(-c2cccc(Oc3ccc4nc(C(C)(C)C)n5c6ccccc6nc5c4c3)c2)c2ccccc21. The van der Waals surface area contributed by atoms with Gasteiger partial charge < -0.3 is 13.9 Å². The van der Waals surface area contributed by atoms with Crippen LogP contribution in [0, 0.1) is 6.33 Å². The first-order valence-electron chi connectivity index (χ1n) is 12.8. The summed E-state index contributed by atoms with van der Waals surface area (Å²) < 4.78 is 12.6. The van der Waals surface area contributed by atoms with E-state index >= 15 is 0 Å². The van der Waals surface area contributed by atoms with E-state index < -0.39 is 0 Å². The highest BCUT2D eigenvalue weighted by Crippen LogP contribution is 2.33. The molecule has 0 radical (unpaired) electrons. The van der Waals surface area contributed by atoms with Gasteiger partial charge in [0.25, 0.3) is 0 Å². The summed E-state index contributed by atoms with van der Waals surface area (Å²) in [6.45, 7) is 6.56. The lowest BCUT2D eigenvalue weighted by Crippen LogP contribution is -2.26. The Morgan fingerprint density at radius 1 is 0.763 bits per heavy atom. The number of aromatic nitrogens is 5. The molecule has 38 heavy (non-hydrogen) atoms. The minimum Gasteiger partial charge on any atom is -0.458 e. The molecule has 0 N–H and O–H groups in total. The molecule has 0 spiro atoms. The van der Waals surface area contributed by atoms with E-state index in [1.807, 2.05) is 72.3 Å². The number of nitrogens with zero attached hydrogens (tertiary/aromatic N) is 5. The maximum absolute atomic E-state index is 6.39. The van der Waals surface area contributed by atoms with E-state index in [-0.39, 0.29) is 5.41 Å². The van der Waals surface area contributed by atoms with Gasteiger partial charge in [0.15, 0.2) is 0 Å². The molecule has 186 valence electrons. The van der Waals surface area contributed by atoms with Crippen LogP contribution in [0.5, 0.6) is 11.5 Å². The summed E-state index contributed by atoms with van der Waals surface area (Å²) in [4.78, 5) is 10.1. The van der Waals surface area contributed by atoms with Crippen LogP contribution < -0.4 is 9.30 Å². The molecule has 7 aromatic rings. The van der Waals surface area contributed by atoms with Gasteiger partial charge in [-0.05, 0) is 42.5 Å². The summed E-state index contributed by atoms with van der Waals surface area (Å²) in [5.41, 5.74) is 6.85. The molecular formula is C32H27N5O. The highest BCUT2D eigenvalue weighted by molar-refractivity contribution is 5.97. The first-order chi connectivity index (χ1) is 18.4. The van der Waals surface area contributed by atoms with Crippen LogP contribution in [-0.4, -0.2) is 18.9 Å². The van der Waals surface area contributed by atoms with E-state index in [0.717, 1.165) is 61.6 Å². The zero-order chi connectivity index (χ0) is 26.0. The number of hydrogen-bond acceptors (Lipinski definition) is 3. The maximum Gasteiger partial charge on any atom is 0.244 e. The van der Waals surface area contributed by atoms with Crippen molar-refractivity contribution in [1.82, 2.24) is 18.9 Å². The zero-order valence-electron chi connectivity index (χ0n) is 21.8. The molecule has 0 aliphatic rings. The lowest BCUT2D eigenvalue weighted by molar-refractivity contribution is -0.649. The van der Waals surface area contributed by atoms with Gasteiger partial charge in [-0.2, -0.15) is 0 Å². The first-order valence-corrected chi connectivity index (χ1v) is 12.8. The molecule has 4 aromatic carbocycles. The van der Waals surface area contributed by atoms with Gasteiger partial charge in [-0.3, -0.25) is 4.40 Å². The topological polar surface area (TPSA) is 48.2 Å². The van der Waals surface area contributed by atoms with E-state index in [1.165, 1.54) is 0 Å². The molecule has 0 aliphatic heterocycles. The number of aryl methyl sites for hydroxylation is 1. The smallest absolute Gasteiger partial charge is 0.244 e. The number of fused-ring (bicyclic) bond motifs is 6. The normalized spacial score (nSPS) is 12.2. The summed E-state index contributed by atoms with van der Waals surface area (Å²) in [6, 6.07) is 30.6. The van der Waals surface area contributed by atoms with Crippen molar-refractivity contribution in [3.05, 3.63) is 103 Å². The first kappa shape index (κ1) is 22.5. The van der Waals surface area contributed by atoms with Gasteiger partial charge in [0, 0.05) is 10.8 Å². The van der Waals surface area contributed by atoms with Crippen LogP contribution in [0.2, 0.25) is 0 Å². The van der Waals surface area contributed by atoms with Crippen LogP contribution in [0.4, 0.5) is 0 Å². The van der Waals surface area contributed by atoms with E-state index in [2.05, 4.69) is 66.4 Å². The van der Waals surface area contributed by atoms with E-state index in [1.54, 1.807) is 0 Å². The van der Waals surface area contributed by atoms with Crippen molar-refractivity contribution in [1.29, 1.82) is 0 Å². The quantitative estimate of drug-likeness (QED) is 0.202. The third-order valence-corrected chi connectivity index (χ3v) is 6.92. The van der Waals surface area contributed by atoms with Crippen LogP contribution in [0.25, 0.3) is 44.3 Å². The van der Waals surface area contributed by atoms with Crippen molar-refractivity contribution in [3.63, 3.8) is 0 Å². The second kappa shape index (κ2) is 8.15. The van der Waals surface area contributed by atoms with Gasteiger partial charge in [0.1, 0.15) is 23.0 Å². The van der Waals surface area contributed by atoms with Gasteiger partial charge in [0.2, 0.25) is 6.33 Å². The molecule has 0 saturated carbocycles. The fourth-order valence-corrected chi connectivity index (χ4v) is 5.16. The molecule has 7 rings (SSSR count). The Morgan fingerprint density at radius 3 is 2.37 bits per heavy atom. The van der Waals surface area contributed by atoms with E-state index in [0.29, 0.717) is 0 Å². The second-order valence-corrected chi connectivity index (χ2v) is 10.7. The number of rotatable bonds is 3. The van der Waals surface area contributed by atoms with Crippen molar-refractivity contribution < 1.29 is 9.30 Å². The lowest BCUT2D eigenvalue weighted by Gasteiger charge is -2.21. The Bertz CT molecular complexity index is 2010. The minimum absolute atomic E-state index is 0.151. The van der Waals surface area contributed by atoms with Crippen molar-refractivity contribution in [2.75, 3.05) is 0 Å². The summed E-state index contributed by atoms with van der Waals surface area (Å²) in [7, 11) is 2.01. The Balaban J connectivity index is 1.34. The number of benzene rings is 4. The highest BCUT2D eigenvalue weighted by atomic mass is 16.5. The molecule has 0 unspecified atom stereocenters. The van der Waals surface area contributed by atoms with Gasteiger partial charge in [0.05, 0.1) is 40.3 Å². The van der Waals surface area contributed by atoms with Crippen molar-refractivity contribution in [2.45, 2.75) is 26.2 Å². The summed E-state index contributed by atoms with van der Waals surface area (Å²) >= 11 is 0. The predicted molar refractivity (Wildman–Crippen MR) is 150 cm³/mol. The summed E-state index contributed by atoms with van der Waals surface area (Å²) in [6.07, 6.45) is 3.39. The molecule has 3 heterocycles. The summed E-state index contributed by atoms with van der Waals surface area (Å²) in [5, 5.41) is 0.958. The molecule has 3 aromatic heterocycles. The third-order valence-electron chi connectivity index (χ3n) is 6.92. The Labute approximate surface area is 220 Å². The molecular weight excluding hydrogens is 470 g/mol. The molecule has 0 atom stereocenters. The van der Waals surface area contributed by atoms with Gasteiger partial charge >= 0.3 is 0 Å². The van der Waals surface area contributed by atoms with Crippen LogP contribution in [0.3, 0.4) is 0 Å². The van der Waals surface area contributed by atoms with Gasteiger partial charge in [-0.15, -0.1) is 0 Å². The average molecular weight is 498 g/mol. The Morgan fingerprint density at radius 2 is 1.53 bits per heavy atom. The van der Waals surface area contributed by atoms with Crippen LogP contribution in [-0.2, 0) is 12.5 Å². The second-order valence-electron chi connectivity index (χ2n) is 10.7. The third kappa shape index (κ3) is 3.52. The number of para-hydroxylation sites is 4. The number of imidazole rings is 2. The summed E-state index contributed by atoms with van der Waals surface area (Å²) in [5.74, 6) is 2.47. The molecule has 6 nitrogen and oxygen atoms in total. The van der Waals surface area contributed by atoms with Crippen LogP contribution in [0.15, 0.2) is 91.0 Å². The van der Waals surface area contributed by atoms with E-state index in [9.17, 15) is 0 Å². The molecule has 6 heteroatoms. The minimum atomic E-state index is -0.151. The van der Waals surface area contributed by atoms with Crippen LogP contribution in [0.1, 0.15) is 26.6 Å². The molecule has 0 fully saturated rings. The largest absolute Gasteiger partial charge is 0.458 e. The fourth-order valence-electron chi connectivity index (χ4n) is 5.16. The van der Waals surface area contributed by atoms with E-state index in [4.69, 9.17) is 14.7 Å². The zero-order valence-corrected chi connectivity index (χ0v) is 21.8. The predicted octanol–water partition coefficient (Wildman–Crippen LogP) is 6.69. The Hall–Kier alpha value is -4.71. The molecule has 0 bridgehead atoms. The van der Waals surface area contributed by atoms with Crippen molar-refractivity contribution >= 4 is 38.6 Å². The number of hydrogen-bond donors (Lipinski definition) is 0. The molecule has 0 amide bonds. The highest BCUT2D eigenvalue weighted by Gasteiger charge is 2.23. The number of ether oxygens (including phenoxy) is 1. The van der Waals surface area contributed by atoms with Gasteiger partial charge in [-0.1, -0.05) is 69.3 Å². The Kier molecular flexibility index (Phi) is 4.82. The average Bonchev–Trinajstić information content (AvgIpc) is 3.46. The fraction of sp³-hybridized carbons (Fsp3) is 0.156. The van der Waals surface area contributed by atoms with Crippen molar-refractivity contribution in [3.8, 4) is 17.2 Å². The van der Waals surface area contributed by atoms with Crippen molar-refractivity contribution in [2.24, 2.45) is 7.05 Å². The molecule has 0 aliphatic carbocycles. The van der Waals surface area contributed by atoms with Gasteiger partial charge in [-0.25, -0.2) is 9.97 Å². The monoisotopic (exact) mass is 497 g/mol. The standard InChI is InChI=1S/C32H27N5O/c1-32(2,3)31-34-25-17-16-23(19-24(25)30-33-26-12-5-6-13-27(26)37(30)31)38-22-11-9-10-21(18-22)36-20-35(4)28-14-7-8-15-29(28)36/h5-19H,1-4H3. The maximum atomic E-state index is 6.39. The lowest BCUT2D eigenvalue weighted by atomic mass is 9.95. The van der Waals surface area contributed by atoms with Crippen LogP contribution >= 0.6 is 0 Å². The molecule has 0 saturated heterocycles.